The van der Waals surface area contributed by atoms with Crippen molar-refractivity contribution in [2.24, 2.45) is 11.8 Å². The number of nitrogens with one attached hydrogen (secondary N) is 1. The third-order valence-corrected chi connectivity index (χ3v) is 5.95. The maximum atomic E-state index is 12.3. The van der Waals surface area contributed by atoms with Gasteiger partial charge in [-0.3, -0.25) is 0 Å². The molecule has 5 nitrogen and oxygen atoms in total. The molecule has 0 spiro atoms. The molecule has 1 aromatic carbocycles. The molecule has 0 aliphatic heterocycles. The maximum absolute atomic E-state index is 12.3. The van der Waals surface area contributed by atoms with Gasteiger partial charge in [0.1, 0.15) is 4.90 Å². The van der Waals surface area contributed by atoms with Gasteiger partial charge in [0.05, 0.1) is 10.6 Å². The summed E-state index contributed by atoms with van der Waals surface area (Å²) < 4.78 is 27.2. The zero-order valence-electron chi connectivity index (χ0n) is 11.7. The van der Waals surface area contributed by atoms with Crippen LogP contribution in [0.2, 0.25) is 5.02 Å². The SMILES string of the molecule is CC1CCCC1CNS(=O)(=O)c1cc(C(=O)O)ccc1Cl. The summed E-state index contributed by atoms with van der Waals surface area (Å²) in [6.45, 7) is 2.47. The van der Waals surface area contributed by atoms with Crippen molar-refractivity contribution in [3.05, 3.63) is 28.8 Å². The fourth-order valence-corrected chi connectivity index (χ4v) is 4.28. The van der Waals surface area contributed by atoms with E-state index >= 15 is 0 Å². The average Bonchev–Trinajstić information content (AvgIpc) is 2.82. The second kappa shape index (κ2) is 6.34. The Bertz CT molecular complexity index is 644. The van der Waals surface area contributed by atoms with E-state index in [1.807, 2.05) is 0 Å². The van der Waals surface area contributed by atoms with Crippen LogP contribution in [0.4, 0.5) is 0 Å². The Balaban J connectivity index is 2.19. The molecule has 1 aliphatic carbocycles. The summed E-state index contributed by atoms with van der Waals surface area (Å²) in [4.78, 5) is 10.8. The molecule has 21 heavy (non-hydrogen) atoms. The van der Waals surface area contributed by atoms with Gasteiger partial charge in [-0.05, 0) is 36.5 Å². The molecule has 1 fully saturated rings. The Morgan fingerprint density at radius 2 is 2.14 bits per heavy atom. The van der Waals surface area contributed by atoms with E-state index < -0.39 is 16.0 Å². The van der Waals surface area contributed by atoms with Crippen molar-refractivity contribution in [2.45, 2.75) is 31.1 Å². The predicted octanol–water partition coefficient (Wildman–Crippen LogP) is 2.75. The summed E-state index contributed by atoms with van der Waals surface area (Å²) in [6.07, 6.45) is 3.23. The van der Waals surface area contributed by atoms with Crippen LogP contribution in [0.5, 0.6) is 0 Å². The van der Waals surface area contributed by atoms with Gasteiger partial charge in [-0.15, -0.1) is 0 Å². The number of carboxylic acids is 1. The van der Waals surface area contributed by atoms with Gasteiger partial charge in [-0.25, -0.2) is 17.9 Å². The molecule has 0 radical (unpaired) electrons. The molecule has 116 valence electrons. The first-order chi connectivity index (χ1) is 9.81. The van der Waals surface area contributed by atoms with Crippen molar-refractivity contribution in [3.63, 3.8) is 0 Å². The highest BCUT2D eigenvalue weighted by Gasteiger charge is 2.26. The molecule has 1 aliphatic rings. The van der Waals surface area contributed by atoms with Crippen LogP contribution in [0.25, 0.3) is 0 Å². The molecule has 0 aromatic heterocycles. The third-order valence-electron chi connectivity index (χ3n) is 4.04. The molecule has 1 aromatic rings. The van der Waals surface area contributed by atoms with Crippen molar-refractivity contribution in [2.75, 3.05) is 6.54 Å². The predicted molar refractivity (Wildman–Crippen MR) is 80.1 cm³/mol. The van der Waals surface area contributed by atoms with E-state index in [2.05, 4.69) is 11.6 Å². The number of sulfonamides is 1. The Morgan fingerprint density at radius 1 is 1.43 bits per heavy atom. The zero-order valence-corrected chi connectivity index (χ0v) is 13.2. The number of carboxylic acid groups (broad SMARTS) is 1. The second-order valence-electron chi connectivity index (χ2n) is 5.47. The number of hydrogen-bond acceptors (Lipinski definition) is 3. The minimum Gasteiger partial charge on any atom is -0.478 e. The summed E-state index contributed by atoms with van der Waals surface area (Å²) in [5.74, 6) is -0.373. The molecule has 2 N–H and O–H groups in total. The average molecular weight is 332 g/mol. The van der Waals surface area contributed by atoms with Gasteiger partial charge >= 0.3 is 5.97 Å². The van der Waals surface area contributed by atoms with Gasteiger partial charge in [0.25, 0.3) is 0 Å². The summed E-state index contributed by atoms with van der Waals surface area (Å²) in [5.41, 5.74) is -0.103. The van der Waals surface area contributed by atoms with Crippen LogP contribution in [0.3, 0.4) is 0 Å². The van der Waals surface area contributed by atoms with Crippen molar-refractivity contribution >= 4 is 27.6 Å². The number of rotatable bonds is 5. The minimum atomic E-state index is -3.80. The largest absolute Gasteiger partial charge is 0.478 e. The van der Waals surface area contributed by atoms with Gasteiger partial charge in [0, 0.05) is 6.54 Å². The second-order valence-corrected chi connectivity index (χ2v) is 7.61. The quantitative estimate of drug-likeness (QED) is 0.869. The Labute approximate surface area is 129 Å². The van der Waals surface area contributed by atoms with E-state index in [1.54, 1.807) is 0 Å². The van der Waals surface area contributed by atoms with Gasteiger partial charge < -0.3 is 5.11 Å². The molecule has 0 saturated heterocycles. The Kier molecular flexibility index (Phi) is 4.91. The molecule has 2 rings (SSSR count). The lowest BCUT2D eigenvalue weighted by atomic mass is 9.99. The van der Waals surface area contributed by atoms with Crippen molar-refractivity contribution in [3.8, 4) is 0 Å². The number of hydrogen-bond donors (Lipinski definition) is 2. The first kappa shape index (κ1) is 16.3. The summed E-state index contributed by atoms with van der Waals surface area (Å²) in [7, 11) is -3.80. The van der Waals surface area contributed by atoms with Gasteiger partial charge in [0.2, 0.25) is 10.0 Å². The Hall–Kier alpha value is -1.11. The first-order valence-electron chi connectivity index (χ1n) is 6.84. The topological polar surface area (TPSA) is 83.5 Å². The molecule has 0 heterocycles. The van der Waals surface area contributed by atoms with E-state index in [-0.39, 0.29) is 15.5 Å². The molecule has 7 heteroatoms. The number of aromatic carboxylic acids is 1. The molecular weight excluding hydrogens is 314 g/mol. The van der Waals surface area contributed by atoms with Crippen LogP contribution in [0, 0.1) is 11.8 Å². The number of benzene rings is 1. The van der Waals surface area contributed by atoms with Crippen molar-refractivity contribution in [1.82, 2.24) is 4.72 Å². The lowest BCUT2D eigenvalue weighted by Gasteiger charge is -2.16. The van der Waals surface area contributed by atoms with E-state index in [4.69, 9.17) is 16.7 Å². The monoisotopic (exact) mass is 331 g/mol. The lowest BCUT2D eigenvalue weighted by molar-refractivity contribution is 0.0696. The maximum Gasteiger partial charge on any atom is 0.335 e. The van der Waals surface area contributed by atoms with Crippen LogP contribution < -0.4 is 4.72 Å². The van der Waals surface area contributed by atoms with Crippen molar-refractivity contribution in [1.29, 1.82) is 0 Å². The molecule has 0 amide bonds. The highest BCUT2D eigenvalue weighted by Crippen LogP contribution is 2.31. The normalized spacial score (nSPS) is 22.4. The zero-order chi connectivity index (χ0) is 15.6. The number of carbonyl (C=O) groups is 1. The lowest BCUT2D eigenvalue weighted by Crippen LogP contribution is -2.30. The summed E-state index contributed by atoms with van der Waals surface area (Å²) in [5, 5.41) is 8.97. The summed E-state index contributed by atoms with van der Waals surface area (Å²) >= 11 is 5.90. The van der Waals surface area contributed by atoms with Crippen LogP contribution in [-0.2, 0) is 10.0 Å². The molecule has 2 atom stereocenters. The molecular formula is C14H18ClNO4S. The van der Waals surface area contributed by atoms with Crippen LogP contribution >= 0.6 is 11.6 Å². The molecule has 1 saturated carbocycles. The fourth-order valence-electron chi connectivity index (χ4n) is 2.66. The van der Waals surface area contributed by atoms with Crippen LogP contribution in [-0.4, -0.2) is 26.0 Å². The van der Waals surface area contributed by atoms with Gasteiger partial charge in [-0.2, -0.15) is 0 Å². The minimum absolute atomic E-state index is 0.0203. The van der Waals surface area contributed by atoms with E-state index in [1.165, 1.54) is 12.1 Å². The van der Waals surface area contributed by atoms with E-state index in [9.17, 15) is 13.2 Å². The molecule has 2 unspecified atom stereocenters. The van der Waals surface area contributed by atoms with Gasteiger partial charge in [-0.1, -0.05) is 31.4 Å². The highest BCUT2D eigenvalue weighted by molar-refractivity contribution is 7.89. The smallest absolute Gasteiger partial charge is 0.335 e. The molecule has 0 bridgehead atoms. The van der Waals surface area contributed by atoms with E-state index in [0.29, 0.717) is 18.4 Å². The van der Waals surface area contributed by atoms with E-state index in [0.717, 1.165) is 25.3 Å². The first-order valence-corrected chi connectivity index (χ1v) is 8.70. The van der Waals surface area contributed by atoms with Gasteiger partial charge in [0.15, 0.2) is 0 Å². The Morgan fingerprint density at radius 3 is 2.71 bits per heavy atom. The fraction of sp³-hybridized carbons (Fsp3) is 0.500. The highest BCUT2D eigenvalue weighted by atomic mass is 35.5. The third kappa shape index (κ3) is 3.75. The number of halogens is 1. The standard InChI is InChI=1S/C14H18ClNO4S/c1-9-3-2-4-11(9)8-16-21(19,20)13-7-10(14(17)18)5-6-12(13)15/h5-7,9,11,16H,2-4,8H2,1H3,(H,17,18). The summed E-state index contributed by atoms with van der Waals surface area (Å²) in [6, 6.07) is 3.66. The van der Waals surface area contributed by atoms with Crippen LogP contribution in [0.1, 0.15) is 36.5 Å². The van der Waals surface area contributed by atoms with Crippen LogP contribution in [0.15, 0.2) is 23.1 Å². The van der Waals surface area contributed by atoms with Crippen molar-refractivity contribution < 1.29 is 18.3 Å².